The fourth-order valence-electron chi connectivity index (χ4n) is 1.64. The molecule has 2 nitrogen and oxygen atoms in total. The number of halogens is 1. The Morgan fingerprint density at radius 1 is 1.46 bits per heavy atom. The van der Waals surface area contributed by atoms with Gasteiger partial charge >= 0.3 is 0 Å². The molecule has 0 aliphatic carbocycles. The molecular formula is C10H10FNO. The Hall–Kier alpha value is -1.51. The Kier molecular flexibility index (Phi) is 1.72. The van der Waals surface area contributed by atoms with Crippen molar-refractivity contribution in [2.45, 2.75) is 6.67 Å². The number of fused-ring (bicyclic) bond motifs is 1. The molecule has 0 saturated heterocycles. The first kappa shape index (κ1) is 8.10. The second kappa shape index (κ2) is 2.76. The Bertz CT molecular complexity index is 447. The van der Waals surface area contributed by atoms with Crippen LogP contribution in [0.4, 0.5) is 4.39 Å². The van der Waals surface area contributed by atoms with E-state index in [1.807, 2.05) is 6.07 Å². The van der Waals surface area contributed by atoms with Gasteiger partial charge in [0.2, 0.25) is 0 Å². The van der Waals surface area contributed by atoms with Crippen LogP contribution in [0.2, 0.25) is 0 Å². The van der Waals surface area contributed by atoms with Gasteiger partial charge in [-0.05, 0) is 6.07 Å². The zero-order chi connectivity index (χ0) is 9.42. The minimum atomic E-state index is -0.499. The molecule has 0 bridgehead atoms. The molecule has 2 rings (SSSR count). The zero-order valence-electron chi connectivity index (χ0n) is 7.29. The fraction of sp³-hybridized carbons (Fsp3) is 0.200. The maximum absolute atomic E-state index is 12.5. The number of rotatable bonds is 1. The lowest BCUT2D eigenvalue weighted by Gasteiger charge is -1.98. The maximum Gasteiger partial charge on any atom is 0.139 e. The Balaban J connectivity index is 2.87. The van der Waals surface area contributed by atoms with Gasteiger partial charge in [-0.25, -0.2) is 4.39 Å². The summed E-state index contributed by atoms with van der Waals surface area (Å²) in [5, 5.41) is 10.3. The summed E-state index contributed by atoms with van der Waals surface area (Å²) in [7, 11) is 1.79. The summed E-state index contributed by atoms with van der Waals surface area (Å²) in [4.78, 5) is 0. The number of aryl methyl sites for hydroxylation is 1. The Morgan fingerprint density at radius 2 is 2.23 bits per heavy atom. The van der Waals surface area contributed by atoms with E-state index in [-0.39, 0.29) is 5.75 Å². The van der Waals surface area contributed by atoms with Crippen molar-refractivity contribution in [2.75, 3.05) is 0 Å². The standard InChI is InChI=1S/C10H10FNO/c1-12-6-7(5-11)8-3-2-4-9(13)10(8)12/h2-4,6,13H,5H2,1H3. The zero-order valence-corrected chi connectivity index (χ0v) is 7.29. The molecule has 0 aliphatic rings. The van der Waals surface area contributed by atoms with Gasteiger partial charge in [-0.3, -0.25) is 0 Å². The predicted molar refractivity (Wildman–Crippen MR) is 49.4 cm³/mol. The van der Waals surface area contributed by atoms with E-state index in [9.17, 15) is 9.50 Å². The van der Waals surface area contributed by atoms with Gasteiger partial charge in [0.25, 0.3) is 0 Å². The van der Waals surface area contributed by atoms with Gasteiger partial charge in [-0.1, -0.05) is 12.1 Å². The molecule has 68 valence electrons. The number of phenolic OH excluding ortho intramolecular Hbond substituents is 1. The number of aromatic hydroxyl groups is 1. The minimum Gasteiger partial charge on any atom is -0.506 e. The smallest absolute Gasteiger partial charge is 0.139 e. The number of aromatic nitrogens is 1. The lowest BCUT2D eigenvalue weighted by Crippen LogP contribution is -1.83. The predicted octanol–water partition coefficient (Wildman–Crippen LogP) is 2.35. The van der Waals surface area contributed by atoms with Crippen LogP contribution in [0.15, 0.2) is 24.4 Å². The molecule has 0 saturated carbocycles. The van der Waals surface area contributed by atoms with E-state index in [0.717, 1.165) is 5.39 Å². The third kappa shape index (κ3) is 1.08. The van der Waals surface area contributed by atoms with Crippen LogP contribution in [0.5, 0.6) is 5.75 Å². The molecule has 2 aromatic rings. The highest BCUT2D eigenvalue weighted by Crippen LogP contribution is 2.28. The second-order valence-electron chi connectivity index (χ2n) is 3.07. The average Bonchev–Trinajstić information content (AvgIpc) is 2.44. The van der Waals surface area contributed by atoms with Gasteiger partial charge in [0.1, 0.15) is 12.4 Å². The molecule has 1 N–H and O–H groups in total. The van der Waals surface area contributed by atoms with Crippen LogP contribution >= 0.6 is 0 Å². The maximum atomic E-state index is 12.5. The van der Waals surface area contributed by atoms with Gasteiger partial charge in [-0.15, -0.1) is 0 Å². The molecule has 1 aromatic carbocycles. The summed E-state index contributed by atoms with van der Waals surface area (Å²) in [5.41, 5.74) is 1.31. The quantitative estimate of drug-likeness (QED) is 0.714. The average molecular weight is 179 g/mol. The largest absolute Gasteiger partial charge is 0.506 e. The van der Waals surface area contributed by atoms with Crippen molar-refractivity contribution < 1.29 is 9.50 Å². The van der Waals surface area contributed by atoms with Crippen LogP contribution in [0.25, 0.3) is 10.9 Å². The lowest BCUT2D eigenvalue weighted by atomic mass is 10.2. The second-order valence-corrected chi connectivity index (χ2v) is 3.07. The topological polar surface area (TPSA) is 25.2 Å². The van der Waals surface area contributed by atoms with Crippen LogP contribution < -0.4 is 0 Å². The minimum absolute atomic E-state index is 0.194. The molecule has 0 fully saturated rings. The molecule has 1 aromatic heterocycles. The molecule has 0 atom stereocenters. The third-order valence-corrected chi connectivity index (χ3v) is 2.21. The van der Waals surface area contributed by atoms with Crippen LogP contribution in [-0.2, 0) is 13.7 Å². The molecular weight excluding hydrogens is 169 g/mol. The number of phenols is 1. The highest BCUT2D eigenvalue weighted by molar-refractivity contribution is 5.88. The van der Waals surface area contributed by atoms with Gasteiger partial charge in [0.05, 0.1) is 5.52 Å². The van der Waals surface area contributed by atoms with Crippen molar-refractivity contribution in [3.8, 4) is 5.75 Å². The summed E-state index contributed by atoms with van der Waals surface area (Å²) < 4.78 is 14.2. The number of alkyl halides is 1. The summed E-state index contributed by atoms with van der Waals surface area (Å²) in [6.45, 7) is -0.499. The van der Waals surface area contributed by atoms with Crippen molar-refractivity contribution in [3.63, 3.8) is 0 Å². The van der Waals surface area contributed by atoms with Crippen molar-refractivity contribution in [1.29, 1.82) is 0 Å². The van der Waals surface area contributed by atoms with Crippen molar-refractivity contribution in [2.24, 2.45) is 7.05 Å². The van der Waals surface area contributed by atoms with Crippen molar-refractivity contribution in [3.05, 3.63) is 30.0 Å². The highest BCUT2D eigenvalue weighted by Gasteiger charge is 2.08. The van der Waals surface area contributed by atoms with Crippen LogP contribution in [0.3, 0.4) is 0 Å². The first-order chi connectivity index (χ1) is 6.24. The van der Waals surface area contributed by atoms with Crippen molar-refractivity contribution >= 4 is 10.9 Å². The SMILES string of the molecule is Cn1cc(CF)c2cccc(O)c21. The summed E-state index contributed by atoms with van der Waals surface area (Å²) in [5.74, 6) is 0.194. The van der Waals surface area contributed by atoms with E-state index in [4.69, 9.17) is 0 Å². The van der Waals surface area contributed by atoms with E-state index in [2.05, 4.69) is 0 Å². The summed E-state index contributed by atoms with van der Waals surface area (Å²) in [6, 6.07) is 5.13. The van der Waals surface area contributed by atoms with E-state index >= 15 is 0 Å². The highest BCUT2D eigenvalue weighted by atomic mass is 19.1. The number of hydrogen-bond acceptors (Lipinski definition) is 1. The van der Waals surface area contributed by atoms with Gasteiger partial charge in [0.15, 0.2) is 0 Å². The van der Waals surface area contributed by atoms with Gasteiger partial charge in [-0.2, -0.15) is 0 Å². The first-order valence-electron chi connectivity index (χ1n) is 4.06. The fourth-order valence-corrected chi connectivity index (χ4v) is 1.64. The van der Waals surface area contributed by atoms with Gasteiger partial charge < -0.3 is 9.67 Å². The molecule has 3 heteroatoms. The molecule has 1 heterocycles. The van der Waals surface area contributed by atoms with Crippen LogP contribution in [0.1, 0.15) is 5.56 Å². The third-order valence-electron chi connectivity index (χ3n) is 2.21. The normalized spacial score (nSPS) is 10.9. The van der Waals surface area contributed by atoms with Crippen LogP contribution in [-0.4, -0.2) is 9.67 Å². The molecule has 0 spiro atoms. The number of hydrogen-bond donors (Lipinski definition) is 1. The number of nitrogens with zero attached hydrogens (tertiary/aromatic N) is 1. The summed E-state index contributed by atoms with van der Waals surface area (Å²) >= 11 is 0. The molecule has 13 heavy (non-hydrogen) atoms. The number of para-hydroxylation sites is 1. The number of benzene rings is 1. The molecule has 0 aliphatic heterocycles. The van der Waals surface area contributed by atoms with E-state index in [0.29, 0.717) is 11.1 Å². The molecule has 0 amide bonds. The summed E-state index contributed by atoms with van der Waals surface area (Å²) in [6.07, 6.45) is 1.70. The molecule has 0 radical (unpaired) electrons. The Morgan fingerprint density at radius 3 is 2.92 bits per heavy atom. The van der Waals surface area contributed by atoms with Crippen LogP contribution in [0, 0.1) is 0 Å². The van der Waals surface area contributed by atoms with E-state index in [1.165, 1.54) is 0 Å². The van der Waals surface area contributed by atoms with Crippen molar-refractivity contribution in [1.82, 2.24) is 4.57 Å². The van der Waals surface area contributed by atoms with Gasteiger partial charge in [0, 0.05) is 24.2 Å². The van der Waals surface area contributed by atoms with E-state index < -0.39 is 6.67 Å². The molecule has 0 unspecified atom stereocenters. The Labute approximate surface area is 75.2 Å². The monoisotopic (exact) mass is 179 g/mol. The first-order valence-corrected chi connectivity index (χ1v) is 4.06. The van der Waals surface area contributed by atoms with E-state index in [1.54, 1.807) is 29.9 Å². The lowest BCUT2D eigenvalue weighted by molar-refractivity contribution is 0.479.